The van der Waals surface area contributed by atoms with Gasteiger partial charge in [0.1, 0.15) is 22.7 Å². The lowest BCUT2D eigenvalue weighted by Crippen LogP contribution is -2.68. The summed E-state index contributed by atoms with van der Waals surface area (Å²) in [5.74, 6) is -2.17. The summed E-state index contributed by atoms with van der Waals surface area (Å²) in [7, 11) is 0. The second-order valence-electron chi connectivity index (χ2n) is 13.5. The molecule has 3 atom stereocenters. The summed E-state index contributed by atoms with van der Waals surface area (Å²) in [6, 6.07) is 9.25. The molecule has 1 aliphatic carbocycles. The molecular weight excluding hydrogens is 590 g/mol. The Kier molecular flexibility index (Phi) is 8.91. The topological polar surface area (TPSA) is 132 Å². The lowest BCUT2D eigenvalue weighted by molar-refractivity contribution is -0.138. The third kappa shape index (κ3) is 6.20. The first-order chi connectivity index (χ1) is 22.2. The predicted octanol–water partition coefficient (Wildman–Crippen LogP) is 7.01. The van der Waals surface area contributed by atoms with Gasteiger partial charge in [-0.2, -0.15) is 0 Å². The van der Waals surface area contributed by atoms with Crippen LogP contribution in [-0.2, 0) is 21.4 Å². The second-order valence-corrected chi connectivity index (χ2v) is 13.5. The van der Waals surface area contributed by atoms with Crippen LogP contribution in [0, 0.1) is 11.8 Å². The van der Waals surface area contributed by atoms with Crippen molar-refractivity contribution in [1.82, 2.24) is 15.6 Å². The number of carbonyl (C=O) groups excluding carboxylic acids is 3. The zero-order valence-electron chi connectivity index (χ0n) is 27.8. The molecule has 5 rings (SSSR count). The molecule has 8 nitrogen and oxygen atoms in total. The van der Waals surface area contributed by atoms with Crippen molar-refractivity contribution in [3.8, 4) is 11.5 Å². The van der Waals surface area contributed by atoms with Gasteiger partial charge in [-0.3, -0.25) is 14.4 Å². The highest BCUT2D eigenvalue weighted by Gasteiger charge is 2.51. The molecule has 1 spiro atoms. The Balaban J connectivity index is 1.53. The Labute approximate surface area is 275 Å². The molecule has 2 amide bonds. The maximum Gasteiger partial charge on any atom is 0.268 e. The number of nitrogens with one attached hydrogen (secondary N) is 3. The number of phenols is 2. The number of allylic oxidation sites excluding steroid dienone is 4. The number of hydrogen-bond acceptors (Lipinski definition) is 5. The first-order valence-electron chi connectivity index (χ1n) is 15.9. The van der Waals surface area contributed by atoms with E-state index in [1.807, 2.05) is 83.2 Å². The predicted molar refractivity (Wildman–Crippen MR) is 187 cm³/mol. The van der Waals surface area contributed by atoms with Gasteiger partial charge in [0.2, 0.25) is 0 Å². The molecule has 2 aromatic carbocycles. The highest BCUT2D eigenvalue weighted by atomic mass is 16.3. The van der Waals surface area contributed by atoms with Crippen LogP contribution in [0.1, 0.15) is 80.7 Å². The quantitative estimate of drug-likeness (QED) is 0.0789. The van der Waals surface area contributed by atoms with E-state index >= 15 is 0 Å². The molecule has 1 aliphatic heterocycles. The summed E-state index contributed by atoms with van der Waals surface area (Å²) in [5.41, 5.74) is 2.56. The van der Waals surface area contributed by atoms with Gasteiger partial charge in [-0.25, -0.2) is 0 Å². The summed E-state index contributed by atoms with van der Waals surface area (Å²) >= 11 is 0. The minimum absolute atomic E-state index is 0.0000503. The number of carbonyl (C=O) groups is 3. The van der Waals surface area contributed by atoms with Gasteiger partial charge >= 0.3 is 0 Å². The monoisotopic (exact) mass is 633 g/mol. The first kappa shape index (κ1) is 33.3. The van der Waals surface area contributed by atoms with Crippen molar-refractivity contribution in [2.75, 3.05) is 0 Å². The second kappa shape index (κ2) is 12.6. The van der Waals surface area contributed by atoms with Crippen molar-refractivity contribution >= 4 is 40.7 Å². The van der Waals surface area contributed by atoms with Gasteiger partial charge in [0.25, 0.3) is 11.8 Å². The minimum atomic E-state index is -1.32. The smallest absolute Gasteiger partial charge is 0.268 e. The first-order valence-corrected chi connectivity index (χ1v) is 15.9. The highest BCUT2D eigenvalue weighted by molar-refractivity contribution is 6.11. The van der Waals surface area contributed by atoms with Gasteiger partial charge in [0.15, 0.2) is 5.78 Å². The van der Waals surface area contributed by atoms with Crippen molar-refractivity contribution in [3.05, 3.63) is 107 Å². The third-order valence-electron chi connectivity index (χ3n) is 9.23. The summed E-state index contributed by atoms with van der Waals surface area (Å²) in [4.78, 5) is 44.1. The summed E-state index contributed by atoms with van der Waals surface area (Å²) < 4.78 is 0. The van der Waals surface area contributed by atoms with Crippen LogP contribution in [0.2, 0.25) is 0 Å². The van der Waals surface area contributed by atoms with E-state index in [9.17, 15) is 24.6 Å². The van der Waals surface area contributed by atoms with Gasteiger partial charge < -0.3 is 25.8 Å². The average molecular weight is 634 g/mol. The Morgan fingerprint density at radius 1 is 1.11 bits per heavy atom. The fraction of sp³-hybridized carbons (Fsp3) is 0.308. The van der Waals surface area contributed by atoms with Gasteiger partial charge in [0.05, 0.1) is 5.56 Å². The Morgan fingerprint density at radius 3 is 2.51 bits per heavy atom. The number of ketones is 1. The fourth-order valence-electron chi connectivity index (χ4n) is 6.50. The number of fused-ring (bicyclic) bond motifs is 1. The summed E-state index contributed by atoms with van der Waals surface area (Å²) in [6.07, 6.45) is 13.2. The number of rotatable bonds is 8. The van der Waals surface area contributed by atoms with E-state index in [-0.39, 0.29) is 40.1 Å². The summed E-state index contributed by atoms with van der Waals surface area (Å²) in [6.45, 7) is 15.2. The van der Waals surface area contributed by atoms with Crippen LogP contribution in [0.4, 0.5) is 0 Å². The van der Waals surface area contributed by atoms with E-state index in [0.717, 1.165) is 27.7 Å². The molecule has 5 N–H and O–H groups in total. The molecule has 1 fully saturated rings. The molecule has 0 bridgehead atoms. The number of phenolic OH excluding ortho intramolecular Hbond substituents is 2. The normalized spacial score (nSPS) is 22.1. The Morgan fingerprint density at radius 2 is 1.83 bits per heavy atom. The number of para-hydroxylation sites is 1. The Hall–Kier alpha value is -5.11. The molecule has 47 heavy (non-hydrogen) atoms. The SMILES string of the molecule is C=CC(C)(C)c1[nH]c2ccccc2c1/C=C1\NC(=O)[C@@]2(C[C@H](C)C=C[C@@H]2/C=C/c2c(O)cc(CC=C(C)C)c(O)c2C(C)=O)NC1=O. The average Bonchev–Trinajstić information content (AvgIpc) is 3.39. The van der Waals surface area contributed by atoms with Crippen LogP contribution in [0.15, 0.2) is 78.6 Å². The largest absolute Gasteiger partial charge is 0.507 e. The maximum absolute atomic E-state index is 14.1. The molecule has 8 heteroatoms. The Bertz CT molecular complexity index is 1920. The zero-order valence-corrected chi connectivity index (χ0v) is 27.8. The van der Waals surface area contributed by atoms with Gasteiger partial charge in [-0.15, -0.1) is 6.58 Å². The van der Waals surface area contributed by atoms with E-state index in [2.05, 4.69) is 22.2 Å². The number of piperazine rings is 1. The fourth-order valence-corrected chi connectivity index (χ4v) is 6.50. The lowest BCUT2D eigenvalue weighted by atomic mass is 9.71. The van der Waals surface area contributed by atoms with Crippen molar-refractivity contribution in [1.29, 1.82) is 0 Å². The maximum atomic E-state index is 14.1. The number of benzene rings is 2. The molecule has 2 aliphatic rings. The van der Waals surface area contributed by atoms with Gasteiger partial charge in [-0.05, 0) is 57.7 Å². The molecule has 2 heterocycles. The molecule has 244 valence electrons. The van der Waals surface area contributed by atoms with E-state index in [1.165, 1.54) is 13.0 Å². The molecule has 0 radical (unpaired) electrons. The molecule has 0 unspecified atom stereocenters. The minimum Gasteiger partial charge on any atom is -0.507 e. The van der Waals surface area contributed by atoms with E-state index in [1.54, 1.807) is 18.2 Å². The number of hydrogen-bond donors (Lipinski definition) is 5. The lowest BCUT2D eigenvalue weighted by Gasteiger charge is -2.44. The zero-order chi connectivity index (χ0) is 34.3. The highest BCUT2D eigenvalue weighted by Crippen LogP contribution is 2.40. The number of aromatic amines is 1. The van der Waals surface area contributed by atoms with Crippen molar-refractivity contribution in [2.24, 2.45) is 11.8 Å². The van der Waals surface area contributed by atoms with E-state index < -0.39 is 28.6 Å². The van der Waals surface area contributed by atoms with Crippen LogP contribution in [0.3, 0.4) is 0 Å². The standard InChI is InChI=1S/C39H43N3O5/c1-8-38(6,7)35-29(27-11-9-10-12-30(27)40-35)20-31-36(46)42-39(37(47)41-31)21-23(4)14-16-26(39)17-18-28-32(44)19-25(15-13-22(2)3)34(45)33(28)24(5)43/h8-14,16-20,23,26,40,44-45H,1,15,21H2,2-7H3,(H,41,47)(H,42,46)/b18-17+,31-20-/t23-,26-,39+/m1/s1. The van der Waals surface area contributed by atoms with E-state index in [4.69, 9.17) is 0 Å². The third-order valence-corrected chi connectivity index (χ3v) is 9.23. The molecule has 3 aromatic rings. The van der Waals surface area contributed by atoms with Crippen LogP contribution in [0.5, 0.6) is 11.5 Å². The van der Waals surface area contributed by atoms with Crippen LogP contribution >= 0.6 is 0 Å². The van der Waals surface area contributed by atoms with Gasteiger partial charge in [0, 0.05) is 44.6 Å². The van der Waals surface area contributed by atoms with E-state index in [0.29, 0.717) is 18.4 Å². The van der Waals surface area contributed by atoms with Crippen molar-refractivity contribution in [3.63, 3.8) is 0 Å². The van der Waals surface area contributed by atoms with Crippen LogP contribution < -0.4 is 10.6 Å². The number of aromatic hydroxyl groups is 2. The molecular formula is C39H43N3O5. The number of aromatic nitrogens is 1. The van der Waals surface area contributed by atoms with Crippen LogP contribution in [-0.4, -0.2) is 38.3 Å². The number of Topliss-reactive ketones (excluding diaryl/α,β-unsaturated/α-hetero) is 1. The van der Waals surface area contributed by atoms with Crippen LogP contribution in [0.25, 0.3) is 23.1 Å². The van der Waals surface area contributed by atoms with Gasteiger partial charge in [-0.1, -0.05) is 81.0 Å². The number of H-pyrrole nitrogens is 1. The molecule has 0 saturated carbocycles. The van der Waals surface area contributed by atoms with Crippen molar-refractivity contribution < 1.29 is 24.6 Å². The molecule has 1 saturated heterocycles. The number of amides is 2. The van der Waals surface area contributed by atoms with Crippen molar-refractivity contribution in [2.45, 2.75) is 65.3 Å². The molecule has 1 aromatic heterocycles. The summed E-state index contributed by atoms with van der Waals surface area (Å²) in [5, 5.41) is 28.9.